The quantitative estimate of drug-likeness (QED) is 0.784. The van der Waals surface area contributed by atoms with Crippen molar-refractivity contribution in [3.05, 3.63) is 16.2 Å². The summed E-state index contributed by atoms with van der Waals surface area (Å²) in [5, 5.41) is 14.8. The number of thiophene rings is 1. The van der Waals surface area contributed by atoms with Crippen LogP contribution >= 0.6 is 22.9 Å². The number of fused-ring (bicyclic) bond motifs is 1. The maximum atomic E-state index is 10.4. The molecule has 0 saturated heterocycles. The van der Waals surface area contributed by atoms with Crippen molar-refractivity contribution in [3.63, 3.8) is 0 Å². The fourth-order valence-electron chi connectivity index (χ4n) is 2.48. The van der Waals surface area contributed by atoms with E-state index in [4.69, 9.17) is 11.6 Å². The molecule has 0 bridgehead atoms. The van der Waals surface area contributed by atoms with Crippen molar-refractivity contribution in [1.82, 2.24) is 9.97 Å². The van der Waals surface area contributed by atoms with E-state index < -0.39 is 5.60 Å². The highest BCUT2D eigenvalue weighted by Crippen LogP contribution is 2.30. The van der Waals surface area contributed by atoms with Gasteiger partial charge in [0.2, 0.25) is 5.28 Å². The maximum Gasteiger partial charge on any atom is 0.225 e. The highest BCUT2D eigenvalue weighted by Gasteiger charge is 2.22. The Kier molecular flexibility index (Phi) is 5.07. The van der Waals surface area contributed by atoms with Gasteiger partial charge in [0.05, 0.1) is 11.0 Å². The zero-order valence-electron chi connectivity index (χ0n) is 12.9. The number of halogens is 1. The van der Waals surface area contributed by atoms with Gasteiger partial charge in [0.1, 0.15) is 10.6 Å². The van der Waals surface area contributed by atoms with E-state index in [0.29, 0.717) is 18.3 Å². The largest absolute Gasteiger partial charge is 0.388 e. The fourth-order valence-corrected chi connectivity index (χ4v) is 3.67. The molecule has 1 atom stereocenters. The van der Waals surface area contributed by atoms with Gasteiger partial charge in [-0.1, -0.05) is 20.8 Å². The summed E-state index contributed by atoms with van der Waals surface area (Å²) in [6, 6.07) is 2.09. The van der Waals surface area contributed by atoms with Crippen molar-refractivity contribution in [2.24, 2.45) is 5.92 Å². The molecule has 2 rings (SSSR count). The summed E-state index contributed by atoms with van der Waals surface area (Å²) in [4.78, 5) is 10.7. The van der Waals surface area contributed by atoms with Crippen LogP contribution in [0.25, 0.3) is 10.2 Å². The molecule has 0 aliphatic carbocycles. The van der Waals surface area contributed by atoms with E-state index in [2.05, 4.69) is 42.1 Å². The number of nitrogens with zero attached hydrogens (tertiary/aromatic N) is 2. The molecule has 0 amide bonds. The number of anilines is 1. The normalized spacial score (nSPS) is 14.6. The molecule has 2 aromatic rings. The number of aliphatic hydroxyl groups is 1. The molecule has 0 spiro atoms. The van der Waals surface area contributed by atoms with Crippen molar-refractivity contribution in [1.29, 1.82) is 0 Å². The summed E-state index contributed by atoms with van der Waals surface area (Å²) in [6.07, 6.45) is 1.69. The molecule has 2 aromatic heterocycles. The Hall–Kier alpha value is -0.910. The third-order valence-corrected chi connectivity index (χ3v) is 4.59. The number of aryl methyl sites for hydroxylation is 1. The van der Waals surface area contributed by atoms with Crippen LogP contribution < -0.4 is 5.32 Å². The minimum absolute atomic E-state index is 0.234. The van der Waals surface area contributed by atoms with Crippen LogP contribution in [0.1, 0.15) is 39.0 Å². The van der Waals surface area contributed by atoms with Crippen molar-refractivity contribution in [3.8, 4) is 0 Å². The van der Waals surface area contributed by atoms with Gasteiger partial charge in [-0.2, -0.15) is 0 Å². The predicted octanol–water partition coefficient (Wildman–Crippen LogP) is 4.12. The molecule has 0 aliphatic heterocycles. The first-order valence-corrected chi connectivity index (χ1v) is 8.42. The number of hydrogen-bond donors (Lipinski definition) is 2. The lowest BCUT2D eigenvalue weighted by atomic mass is 9.94. The standard InChI is InChI=1S/C15H22ClN3OS/c1-5-10-6-11-12(18-14(16)19-13(11)21-10)17-8-15(4,20)7-9(2)3/h6,9,20H,5,7-8H2,1-4H3,(H,17,18,19). The third-order valence-electron chi connectivity index (χ3n) is 3.25. The van der Waals surface area contributed by atoms with Gasteiger partial charge < -0.3 is 10.4 Å². The number of aromatic nitrogens is 2. The second kappa shape index (κ2) is 6.46. The van der Waals surface area contributed by atoms with Crippen LogP contribution in [0.5, 0.6) is 0 Å². The number of nitrogens with one attached hydrogen (secondary N) is 1. The first-order valence-electron chi connectivity index (χ1n) is 7.23. The molecule has 4 nitrogen and oxygen atoms in total. The first-order chi connectivity index (χ1) is 9.80. The average Bonchev–Trinajstić information content (AvgIpc) is 2.77. The van der Waals surface area contributed by atoms with Crippen molar-refractivity contribution >= 4 is 39.0 Å². The molecule has 116 valence electrons. The summed E-state index contributed by atoms with van der Waals surface area (Å²) in [5.41, 5.74) is -0.776. The van der Waals surface area contributed by atoms with Crippen LogP contribution in [-0.2, 0) is 6.42 Å². The molecule has 0 radical (unpaired) electrons. The minimum atomic E-state index is -0.776. The van der Waals surface area contributed by atoms with Crippen LogP contribution in [0.4, 0.5) is 5.82 Å². The van der Waals surface area contributed by atoms with Crippen molar-refractivity contribution in [2.45, 2.75) is 46.1 Å². The topological polar surface area (TPSA) is 58.0 Å². The number of hydrogen-bond acceptors (Lipinski definition) is 5. The highest BCUT2D eigenvalue weighted by atomic mass is 35.5. The minimum Gasteiger partial charge on any atom is -0.388 e. The molecule has 0 saturated carbocycles. The van der Waals surface area contributed by atoms with Gasteiger partial charge in [-0.05, 0) is 43.4 Å². The van der Waals surface area contributed by atoms with E-state index in [9.17, 15) is 5.11 Å². The molecule has 6 heteroatoms. The Morgan fingerprint density at radius 1 is 1.43 bits per heavy atom. The zero-order chi connectivity index (χ0) is 15.6. The Morgan fingerprint density at radius 2 is 2.14 bits per heavy atom. The summed E-state index contributed by atoms with van der Waals surface area (Å²) in [6.45, 7) is 8.58. The van der Waals surface area contributed by atoms with Gasteiger partial charge >= 0.3 is 0 Å². The fraction of sp³-hybridized carbons (Fsp3) is 0.600. The van der Waals surface area contributed by atoms with Crippen LogP contribution in [0.3, 0.4) is 0 Å². The lowest BCUT2D eigenvalue weighted by Gasteiger charge is -2.26. The van der Waals surface area contributed by atoms with Gasteiger partial charge in [0, 0.05) is 11.4 Å². The Morgan fingerprint density at radius 3 is 2.76 bits per heavy atom. The van der Waals surface area contributed by atoms with E-state index in [1.807, 2.05) is 6.92 Å². The predicted molar refractivity (Wildman–Crippen MR) is 90.4 cm³/mol. The summed E-state index contributed by atoms with van der Waals surface area (Å²) < 4.78 is 0. The maximum absolute atomic E-state index is 10.4. The molecule has 1 unspecified atom stereocenters. The molecular formula is C15H22ClN3OS. The van der Waals surface area contributed by atoms with E-state index in [1.54, 1.807) is 11.3 Å². The highest BCUT2D eigenvalue weighted by molar-refractivity contribution is 7.18. The van der Waals surface area contributed by atoms with Crippen LogP contribution in [0, 0.1) is 5.92 Å². The van der Waals surface area contributed by atoms with E-state index in [1.165, 1.54) is 4.88 Å². The van der Waals surface area contributed by atoms with Crippen LogP contribution in [0.2, 0.25) is 5.28 Å². The zero-order valence-corrected chi connectivity index (χ0v) is 14.5. The first kappa shape index (κ1) is 16.5. The van der Waals surface area contributed by atoms with E-state index >= 15 is 0 Å². The molecular weight excluding hydrogens is 306 g/mol. The average molecular weight is 328 g/mol. The van der Waals surface area contributed by atoms with Gasteiger partial charge in [0.25, 0.3) is 0 Å². The van der Waals surface area contributed by atoms with E-state index in [0.717, 1.165) is 23.1 Å². The van der Waals surface area contributed by atoms with Crippen molar-refractivity contribution < 1.29 is 5.11 Å². The lowest BCUT2D eigenvalue weighted by Crippen LogP contribution is -2.35. The Labute approximate surface area is 134 Å². The Balaban J connectivity index is 2.23. The summed E-state index contributed by atoms with van der Waals surface area (Å²) in [7, 11) is 0. The van der Waals surface area contributed by atoms with Crippen molar-refractivity contribution in [2.75, 3.05) is 11.9 Å². The van der Waals surface area contributed by atoms with Crippen LogP contribution in [0.15, 0.2) is 6.07 Å². The third kappa shape index (κ3) is 4.28. The number of rotatable bonds is 6. The second-order valence-electron chi connectivity index (χ2n) is 6.07. The monoisotopic (exact) mass is 327 g/mol. The molecule has 0 aliphatic rings. The van der Waals surface area contributed by atoms with Gasteiger partial charge in [0.15, 0.2) is 0 Å². The van der Waals surface area contributed by atoms with Gasteiger partial charge in [-0.15, -0.1) is 11.3 Å². The van der Waals surface area contributed by atoms with Crippen LogP contribution in [-0.4, -0.2) is 27.2 Å². The second-order valence-corrected chi connectivity index (χ2v) is 7.53. The van der Waals surface area contributed by atoms with E-state index in [-0.39, 0.29) is 5.28 Å². The Bertz CT molecular complexity index is 625. The smallest absolute Gasteiger partial charge is 0.225 e. The molecule has 0 fully saturated rings. The van der Waals surface area contributed by atoms with Gasteiger partial charge in [-0.3, -0.25) is 0 Å². The SMILES string of the molecule is CCc1cc2c(NCC(C)(O)CC(C)C)nc(Cl)nc2s1. The molecule has 21 heavy (non-hydrogen) atoms. The lowest BCUT2D eigenvalue weighted by molar-refractivity contribution is 0.0515. The molecule has 0 aromatic carbocycles. The summed E-state index contributed by atoms with van der Waals surface area (Å²) in [5.74, 6) is 1.13. The summed E-state index contributed by atoms with van der Waals surface area (Å²) >= 11 is 7.62. The molecule has 2 heterocycles. The van der Waals surface area contributed by atoms with Gasteiger partial charge in [-0.25, -0.2) is 9.97 Å². The molecule has 2 N–H and O–H groups in total.